The van der Waals surface area contributed by atoms with Crippen molar-refractivity contribution in [1.29, 1.82) is 0 Å². The number of phenolic OH excluding ortho intramolecular Hbond substituents is 4. The molecule has 0 fully saturated rings. The molecule has 38 heavy (non-hydrogen) atoms. The highest BCUT2D eigenvalue weighted by atomic mass is 16.5. The number of aromatic hydroxyl groups is 4. The lowest BCUT2D eigenvalue weighted by molar-refractivity contribution is 0.104. The number of carbonyl (C=O) groups is 1. The monoisotopic (exact) mass is 516 g/mol. The van der Waals surface area contributed by atoms with Crippen molar-refractivity contribution >= 4 is 11.9 Å². The van der Waals surface area contributed by atoms with Crippen LogP contribution in [0.3, 0.4) is 0 Å². The standard InChI is InChI=1S/C32H36O6/c1-3-4-5-6-7-8-9-10-26(23-14-18-25(34)19-15-23)30-28(36)21-29(38-2)31(32(30)37)27(35)20-13-22-11-16-24(33)17-12-22/h9-21,26,33-34,36-37H,3-8H2,1-2H3/b10-9+,20-13+. The van der Waals surface area contributed by atoms with E-state index in [-0.39, 0.29) is 39.9 Å². The molecule has 200 valence electrons. The Morgan fingerprint density at radius 3 is 2.16 bits per heavy atom. The van der Waals surface area contributed by atoms with E-state index < -0.39 is 11.7 Å². The Kier molecular flexibility index (Phi) is 10.4. The highest BCUT2D eigenvalue weighted by Crippen LogP contribution is 2.45. The molecule has 4 N–H and O–H groups in total. The van der Waals surface area contributed by atoms with E-state index in [0.29, 0.717) is 5.56 Å². The van der Waals surface area contributed by atoms with E-state index >= 15 is 0 Å². The third-order valence-corrected chi connectivity index (χ3v) is 6.43. The second-order valence-corrected chi connectivity index (χ2v) is 9.22. The summed E-state index contributed by atoms with van der Waals surface area (Å²) in [4.78, 5) is 13.2. The Hall–Kier alpha value is -4.19. The van der Waals surface area contributed by atoms with Crippen molar-refractivity contribution in [2.24, 2.45) is 0 Å². The van der Waals surface area contributed by atoms with Crippen LogP contribution in [0.5, 0.6) is 28.7 Å². The van der Waals surface area contributed by atoms with Gasteiger partial charge in [0.15, 0.2) is 5.78 Å². The van der Waals surface area contributed by atoms with Crippen LogP contribution in [0.25, 0.3) is 6.08 Å². The molecule has 0 amide bonds. The number of rotatable bonds is 13. The quantitative estimate of drug-likeness (QED) is 0.0813. The van der Waals surface area contributed by atoms with Crippen molar-refractivity contribution in [2.75, 3.05) is 7.11 Å². The van der Waals surface area contributed by atoms with Crippen LogP contribution in [0.15, 0.2) is 72.8 Å². The van der Waals surface area contributed by atoms with E-state index in [1.165, 1.54) is 50.6 Å². The topological polar surface area (TPSA) is 107 Å². The molecule has 0 aliphatic heterocycles. The van der Waals surface area contributed by atoms with Crippen molar-refractivity contribution in [1.82, 2.24) is 0 Å². The van der Waals surface area contributed by atoms with Crippen LogP contribution in [-0.2, 0) is 0 Å². The minimum atomic E-state index is -0.565. The van der Waals surface area contributed by atoms with Gasteiger partial charge in [0.25, 0.3) is 0 Å². The zero-order valence-electron chi connectivity index (χ0n) is 21.9. The predicted molar refractivity (Wildman–Crippen MR) is 150 cm³/mol. The lowest BCUT2D eigenvalue weighted by atomic mass is 9.87. The number of methoxy groups -OCH3 is 1. The Labute approximate surface area is 224 Å². The number of unbranched alkanes of at least 4 members (excludes halogenated alkanes) is 5. The molecular formula is C32H36O6. The zero-order valence-corrected chi connectivity index (χ0v) is 21.9. The molecule has 3 aromatic carbocycles. The molecule has 0 aromatic heterocycles. The SMILES string of the molecule is CCCCCCC/C=C/C(c1ccc(O)cc1)c1c(O)cc(OC)c(C(=O)/C=C/c2ccc(O)cc2)c1O. The molecule has 0 saturated heterocycles. The Bertz CT molecular complexity index is 1260. The minimum absolute atomic E-state index is 0.0495. The fraction of sp³-hybridized carbons (Fsp3) is 0.281. The number of carbonyl (C=O) groups excluding carboxylic acids is 1. The van der Waals surface area contributed by atoms with Crippen LogP contribution < -0.4 is 4.74 Å². The summed E-state index contributed by atoms with van der Waals surface area (Å²) < 4.78 is 5.34. The molecule has 1 unspecified atom stereocenters. The zero-order chi connectivity index (χ0) is 27.5. The lowest BCUT2D eigenvalue weighted by Gasteiger charge is -2.20. The molecule has 3 aromatic rings. The Morgan fingerprint density at radius 2 is 1.53 bits per heavy atom. The first-order valence-corrected chi connectivity index (χ1v) is 13.0. The Morgan fingerprint density at radius 1 is 0.895 bits per heavy atom. The van der Waals surface area contributed by atoms with Crippen LogP contribution in [0.2, 0.25) is 0 Å². The minimum Gasteiger partial charge on any atom is -0.508 e. The maximum atomic E-state index is 13.2. The molecule has 0 bridgehead atoms. The normalized spacial score (nSPS) is 12.3. The molecule has 0 aliphatic carbocycles. The van der Waals surface area contributed by atoms with Gasteiger partial charge in [0.05, 0.1) is 7.11 Å². The van der Waals surface area contributed by atoms with Gasteiger partial charge in [0.1, 0.15) is 34.3 Å². The second-order valence-electron chi connectivity index (χ2n) is 9.22. The van der Waals surface area contributed by atoms with Gasteiger partial charge in [-0.25, -0.2) is 0 Å². The molecule has 0 saturated carbocycles. The Balaban J connectivity index is 2.00. The average Bonchev–Trinajstić information content (AvgIpc) is 2.91. The predicted octanol–water partition coefficient (Wildman–Crippen LogP) is 7.46. The summed E-state index contributed by atoms with van der Waals surface area (Å²) in [5.74, 6) is -1.37. The van der Waals surface area contributed by atoms with Crippen molar-refractivity contribution in [3.8, 4) is 28.7 Å². The van der Waals surface area contributed by atoms with Gasteiger partial charge < -0.3 is 25.2 Å². The van der Waals surface area contributed by atoms with E-state index in [9.17, 15) is 25.2 Å². The van der Waals surface area contributed by atoms with Gasteiger partial charge in [-0.1, -0.05) is 75.1 Å². The number of hydrogen-bond donors (Lipinski definition) is 4. The number of ketones is 1. The summed E-state index contributed by atoms with van der Waals surface area (Å²) in [6, 6.07) is 14.2. The average molecular weight is 517 g/mol. The van der Waals surface area contributed by atoms with Crippen LogP contribution in [0, 0.1) is 0 Å². The fourth-order valence-electron chi connectivity index (χ4n) is 4.35. The van der Waals surface area contributed by atoms with Crippen LogP contribution in [0.1, 0.15) is 78.4 Å². The first kappa shape index (κ1) is 28.4. The maximum absolute atomic E-state index is 13.2. The van der Waals surface area contributed by atoms with Gasteiger partial charge in [0, 0.05) is 17.5 Å². The molecular weight excluding hydrogens is 480 g/mol. The van der Waals surface area contributed by atoms with Gasteiger partial charge in [-0.3, -0.25) is 4.79 Å². The van der Waals surface area contributed by atoms with Gasteiger partial charge in [-0.15, -0.1) is 0 Å². The molecule has 0 aliphatic rings. The summed E-state index contributed by atoms with van der Waals surface area (Å²) in [7, 11) is 1.37. The van der Waals surface area contributed by atoms with E-state index in [1.54, 1.807) is 42.5 Å². The molecule has 6 nitrogen and oxygen atoms in total. The van der Waals surface area contributed by atoms with Gasteiger partial charge in [0.2, 0.25) is 0 Å². The molecule has 0 heterocycles. The third-order valence-electron chi connectivity index (χ3n) is 6.43. The van der Waals surface area contributed by atoms with E-state index in [1.807, 2.05) is 12.2 Å². The first-order valence-electron chi connectivity index (χ1n) is 13.0. The number of phenols is 4. The summed E-state index contributed by atoms with van der Waals surface area (Å²) in [6.07, 6.45) is 13.4. The number of benzene rings is 3. The second kappa shape index (κ2) is 13.9. The molecule has 0 spiro atoms. The fourth-order valence-corrected chi connectivity index (χ4v) is 4.35. The van der Waals surface area contributed by atoms with Gasteiger partial charge in [-0.05, 0) is 54.3 Å². The smallest absolute Gasteiger partial charge is 0.193 e. The molecule has 6 heteroatoms. The number of allylic oxidation sites excluding steroid dienone is 3. The number of ether oxygens (including phenoxy) is 1. The van der Waals surface area contributed by atoms with Crippen molar-refractivity contribution in [3.05, 3.63) is 95.1 Å². The van der Waals surface area contributed by atoms with Gasteiger partial charge in [-0.2, -0.15) is 0 Å². The first-order chi connectivity index (χ1) is 18.3. The summed E-state index contributed by atoms with van der Waals surface area (Å²) >= 11 is 0. The van der Waals surface area contributed by atoms with Crippen LogP contribution in [-0.4, -0.2) is 33.3 Å². The summed E-state index contributed by atoms with van der Waals surface area (Å²) in [5, 5.41) is 41.6. The highest BCUT2D eigenvalue weighted by Gasteiger charge is 2.27. The van der Waals surface area contributed by atoms with E-state index in [4.69, 9.17) is 4.74 Å². The van der Waals surface area contributed by atoms with Crippen LogP contribution in [0.4, 0.5) is 0 Å². The summed E-state index contributed by atoms with van der Waals surface area (Å²) in [6.45, 7) is 2.18. The van der Waals surface area contributed by atoms with Crippen LogP contribution >= 0.6 is 0 Å². The molecule has 1 atom stereocenters. The molecule has 0 radical (unpaired) electrons. The summed E-state index contributed by atoms with van der Waals surface area (Å²) in [5.41, 5.74) is 1.54. The van der Waals surface area contributed by atoms with Crippen molar-refractivity contribution in [3.63, 3.8) is 0 Å². The van der Waals surface area contributed by atoms with E-state index in [0.717, 1.165) is 24.8 Å². The largest absolute Gasteiger partial charge is 0.508 e. The molecule has 3 rings (SSSR count). The van der Waals surface area contributed by atoms with Crippen molar-refractivity contribution < 1.29 is 30.0 Å². The third kappa shape index (κ3) is 7.42. The lowest BCUT2D eigenvalue weighted by Crippen LogP contribution is -2.06. The number of hydrogen-bond acceptors (Lipinski definition) is 6. The van der Waals surface area contributed by atoms with Crippen molar-refractivity contribution in [2.45, 2.75) is 51.4 Å². The highest BCUT2D eigenvalue weighted by molar-refractivity contribution is 6.11. The van der Waals surface area contributed by atoms with E-state index in [2.05, 4.69) is 6.92 Å². The maximum Gasteiger partial charge on any atom is 0.193 e. The van der Waals surface area contributed by atoms with Gasteiger partial charge >= 0.3 is 0 Å².